The van der Waals surface area contributed by atoms with Gasteiger partial charge in [-0.3, -0.25) is 4.79 Å². The molecule has 1 N–H and O–H groups in total. The molecule has 1 aromatic heterocycles. The van der Waals surface area contributed by atoms with E-state index in [0.717, 1.165) is 16.9 Å². The lowest BCUT2D eigenvalue weighted by atomic mass is 10.0. The molecule has 1 fully saturated rings. The molecule has 0 saturated carbocycles. The van der Waals surface area contributed by atoms with Gasteiger partial charge in [-0.2, -0.15) is 4.31 Å². The lowest BCUT2D eigenvalue weighted by molar-refractivity contribution is -0.137. The summed E-state index contributed by atoms with van der Waals surface area (Å²) in [7, 11) is -3.49. The van der Waals surface area contributed by atoms with Crippen molar-refractivity contribution in [1.82, 2.24) is 4.31 Å². The number of nitrogens with zero attached hydrogens (tertiary/aromatic N) is 1. The van der Waals surface area contributed by atoms with Crippen LogP contribution in [0.15, 0.2) is 10.3 Å². The zero-order chi connectivity index (χ0) is 14.9. The molecule has 1 atom stereocenters. The van der Waals surface area contributed by atoms with Crippen LogP contribution in [0.4, 0.5) is 0 Å². The van der Waals surface area contributed by atoms with E-state index in [0.29, 0.717) is 30.3 Å². The monoisotopic (exact) mass is 337 g/mol. The Kier molecular flexibility index (Phi) is 4.73. The van der Waals surface area contributed by atoms with Crippen molar-refractivity contribution in [2.45, 2.75) is 30.4 Å². The molecular formula is C12H16ClNO4S2. The molecule has 1 aliphatic rings. The minimum atomic E-state index is -3.49. The van der Waals surface area contributed by atoms with Crippen molar-refractivity contribution in [3.8, 4) is 0 Å². The first kappa shape index (κ1) is 15.8. The molecule has 0 aliphatic carbocycles. The van der Waals surface area contributed by atoms with Gasteiger partial charge in [0, 0.05) is 19.5 Å². The Hall–Kier alpha value is -0.630. The van der Waals surface area contributed by atoms with Crippen LogP contribution in [0.3, 0.4) is 0 Å². The summed E-state index contributed by atoms with van der Waals surface area (Å²) in [4.78, 5) is 10.6. The number of aryl methyl sites for hydroxylation is 1. The van der Waals surface area contributed by atoms with E-state index in [4.69, 9.17) is 16.7 Å². The molecule has 1 unspecified atom stereocenters. The zero-order valence-electron chi connectivity index (χ0n) is 11.0. The summed E-state index contributed by atoms with van der Waals surface area (Å²) in [5.74, 6) is -0.718. The molecule has 1 aromatic rings. The van der Waals surface area contributed by atoms with E-state index in [1.807, 2.05) is 0 Å². The SMILES string of the molecule is Cc1cc(S(=O)(=O)N2CCC(CCC(=O)O)C2)sc1Cl. The average molecular weight is 338 g/mol. The molecule has 0 spiro atoms. The highest BCUT2D eigenvalue weighted by Crippen LogP contribution is 2.34. The first-order chi connectivity index (χ1) is 9.30. The number of carboxylic acid groups (broad SMARTS) is 1. The quantitative estimate of drug-likeness (QED) is 0.896. The third-order valence-electron chi connectivity index (χ3n) is 3.44. The highest BCUT2D eigenvalue weighted by atomic mass is 35.5. The Bertz CT molecular complexity index is 591. The van der Waals surface area contributed by atoms with Crippen molar-refractivity contribution in [2.75, 3.05) is 13.1 Å². The lowest BCUT2D eigenvalue weighted by Gasteiger charge is -2.15. The third kappa shape index (κ3) is 3.33. The fraction of sp³-hybridized carbons (Fsp3) is 0.583. The predicted octanol–water partition coefficient (Wildman–Crippen LogP) is 2.59. The number of carboxylic acids is 1. The van der Waals surface area contributed by atoms with Gasteiger partial charge in [-0.1, -0.05) is 11.6 Å². The minimum Gasteiger partial charge on any atom is -0.481 e. The first-order valence-electron chi connectivity index (χ1n) is 6.28. The number of carbonyl (C=O) groups is 1. The molecule has 2 rings (SSSR count). The molecule has 112 valence electrons. The molecule has 5 nitrogen and oxygen atoms in total. The summed E-state index contributed by atoms with van der Waals surface area (Å²) in [5, 5.41) is 8.67. The molecule has 1 aliphatic heterocycles. The van der Waals surface area contributed by atoms with Gasteiger partial charge in [0.1, 0.15) is 4.21 Å². The van der Waals surface area contributed by atoms with Crippen molar-refractivity contribution in [2.24, 2.45) is 5.92 Å². The molecule has 0 bridgehead atoms. The van der Waals surface area contributed by atoms with Gasteiger partial charge in [0.05, 0.1) is 4.34 Å². The van der Waals surface area contributed by atoms with Crippen molar-refractivity contribution < 1.29 is 18.3 Å². The van der Waals surface area contributed by atoms with E-state index in [1.54, 1.807) is 13.0 Å². The Morgan fingerprint density at radius 1 is 1.60 bits per heavy atom. The van der Waals surface area contributed by atoms with Crippen molar-refractivity contribution in [1.29, 1.82) is 0 Å². The highest BCUT2D eigenvalue weighted by molar-refractivity contribution is 7.91. The second-order valence-electron chi connectivity index (χ2n) is 4.97. The number of sulfonamides is 1. The number of halogens is 1. The van der Waals surface area contributed by atoms with Crippen LogP contribution in [0.2, 0.25) is 4.34 Å². The second-order valence-corrected chi connectivity index (χ2v) is 8.79. The van der Waals surface area contributed by atoms with E-state index >= 15 is 0 Å². The number of hydrogen-bond acceptors (Lipinski definition) is 4. The fourth-order valence-corrected chi connectivity index (χ4v) is 5.66. The average Bonchev–Trinajstić information content (AvgIpc) is 2.95. The molecule has 0 amide bonds. The number of rotatable bonds is 5. The van der Waals surface area contributed by atoms with Gasteiger partial charge in [0.25, 0.3) is 10.0 Å². The maximum atomic E-state index is 12.4. The van der Waals surface area contributed by atoms with Crippen LogP contribution in [0.25, 0.3) is 0 Å². The van der Waals surface area contributed by atoms with E-state index < -0.39 is 16.0 Å². The van der Waals surface area contributed by atoms with Gasteiger partial charge in [-0.25, -0.2) is 8.42 Å². The summed E-state index contributed by atoms with van der Waals surface area (Å²) in [6.45, 7) is 2.61. The van der Waals surface area contributed by atoms with Crippen LogP contribution in [0.1, 0.15) is 24.8 Å². The molecule has 2 heterocycles. The summed E-state index contributed by atoms with van der Waals surface area (Å²) in [6, 6.07) is 1.59. The number of hydrogen-bond donors (Lipinski definition) is 1. The highest BCUT2D eigenvalue weighted by Gasteiger charge is 2.33. The maximum absolute atomic E-state index is 12.4. The summed E-state index contributed by atoms with van der Waals surface area (Å²) in [6.07, 6.45) is 1.32. The van der Waals surface area contributed by atoms with Crippen molar-refractivity contribution >= 4 is 38.9 Å². The van der Waals surface area contributed by atoms with Crippen molar-refractivity contribution in [3.63, 3.8) is 0 Å². The van der Waals surface area contributed by atoms with E-state index in [2.05, 4.69) is 0 Å². The van der Waals surface area contributed by atoms with Gasteiger partial charge in [-0.15, -0.1) is 11.3 Å². The van der Waals surface area contributed by atoms with Gasteiger partial charge in [0.2, 0.25) is 0 Å². The van der Waals surface area contributed by atoms with E-state index in [1.165, 1.54) is 4.31 Å². The van der Waals surface area contributed by atoms with Crippen LogP contribution in [-0.4, -0.2) is 36.9 Å². The molecule has 0 radical (unpaired) electrons. The second kappa shape index (κ2) is 6.01. The summed E-state index contributed by atoms with van der Waals surface area (Å²) in [5.41, 5.74) is 0.761. The van der Waals surface area contributed by atoms with Gasteiger partial charge in [-0.05, 0) is 37.3 Å². The summed E-state index contributed by atoms with van der Waals surface area (Å²) < 4.78 is 27.1. The predicted molar refractivity (Wildman–Crippen MR) is 77.8 cm³/mol. The molecule has 1 saturated heterocycles. The van der Waals surface area contributed by atoms with E-state index in [-0.39, 0.29) is 16.5 Å². The number of thiophene rings is 1. The smallest absolute Gasteiger partial charge is 0.303 e. The Labute approximate surface area is 127 Å². The lowest BCUT2D eigenvalue weighted by Crippen LogP contribution is -2.28. The standard InChI is InChI=1S/C12H16ClNO4S2/c1-8-6-11(19-12(8)13)20(17,18)14-5-4-9(7-14)2-3-10(15)16/h6,9H,2-5,7H2,1H3,(H,15,16). The van der Waals surface area contributed by atoms with Crippen LogP contribution in [-0.2, 0) is 14.8 Å². The van der Waals surface area contributed by atoms with Crippen LogP contribution in [0, 0.1) is 12.8 Å². The Balaban J connectivity index is 2.06. The Morgan fingerprint density at radius 3 is 2.85 bits per heavy atom. The summed E-state index contributed by atoms with van der Waals surface area (Å²) >= 11 is 6.99. The zero-order valence-corrected chi connectivity index (χ0v) is 13.4. The molecule has 20 heavy (non-hydrogen) atoms. The minimum absolute atomic E-state index is 0.0858. The topological polar surface area (TPSA) is 74.7 Å². The van der Waals surface area contributed by atoms with E-state index in [9.17, 15) is 13.2 Å². The molecular weight excluding hydrogens is 322 g/mol. The fourth-order valence-electron chi connectivity index (χ4n) is 2.26. The third-order valence-corrected chi connectivity index (χ3v) is 7.31. The molecule has 8 heteroatoms. The Morgan fingerprint density at radius 2 is 2.30 bits per heavy atom. The van der Waals surface area contributed by atoms with Crippen molar-refractivity contribution in [3.05, 3.63) is 16.0 Å². The van der Waals surface area contributed by atoms with Gasteiger partial charge < -0.3 is 5.11 Å². The van der Waals surface area contributed by atoms with Crippen LogP contribution in [0.5, 0.6) is 0 Å². The van der Waals surface area contributed by atoms with Gasteiger partial charge >= 0.3 is 5.97 Å². The van der Waals surface area contributed by atoms with Crippen LogP contribution < -0.4 is 0 Å². The molecule has 0 aromatic carbocycles. The van der Waals surface area contributed by atoms with Crippen LogP contribution >= 0.6 is 22.9 Å². The normalized spacial score (nSPS) is 20.4. The maximum Gasteiger partial charge on any atom is 0.303 e. The van der Waals surface area contributed by atoms with Gasteiger partial charge in [0.15, 0.2) is 0 Å². The largest absolute Gasteiger partial charge is 0.481 e. The number of aliphatic carboxylic acids is 1. The first-order valence-corrected chi connectivity index (χ1v) is 8.92.